The molecule has 4 aromatic rings. The van der Waals surface area contributed by atoms with Gasteiger partial charge in [-0.1, -0.05) is 18.2 Å². The van der Waals surface area contributed by atoms with E-state index in [2.05, 4.69) is 15.6 Å². The smallest absolute Gasteiger partial charge is 0.252 e. The van der Waals surface area contributed by atoms with Crippen LogP contribution in [0.15, 0.2) is 71.7 Å². The lowest BCUT2D eigenvalue weighted by atomic mass is 10.1. The maximum atomic E-state index is 12.1. The van der Waals surface area contributed by atoms with Crippen molar-refractivity contribution >= 4 is 34.5 Å². The molecule has 0 aliphatic rings. The normalized spacial score (nSPS) is 10.7. The van der Waals surface area contributed by atoms with Gasteiger partial charge >= 0.3 is 0 Å². The van der Waals surface area contributed by atoms with Crippen molar-refractivity contribution in [1.29, 1.82) is 0 Å². The molecule has 0 saturated carbocycles. The minimum absolute atomic E-state index is 0.147. The summed E-state index contributed by atoms with van der Waals surface area (Å²) in [5.41, 5.74) is 4.07. The first-order valence-electron chi connectivity index (χ1n) is 8.83. The number of fused-ring (bicyclic) bond motifs is 1. The number of aromatic nitrogens is 2. The van der Waals surface area contributed by atoms with Gasteiger partial charge in [0.15, 0.2) is 0 Å². The Bertz CT molecular complexity index is 1070. The molecule has 0 atom stereocenters. The summed E-state index contributed by atoms with van der Waals surface area (Å²) in [6, 6.07) is 15.2. The van der Waals surface area contributed by atoms with Crippen molar-refractivity contribution in [3.8, 4) is 11.3 Å². The second-order valence-corrected chi connectivity index (χ2v) is 7.02. The zero-order chi connectivity index (χ0) is 19.3. The lowest BCUT2D eigenvalue weighted by molar-refractivity contribution is -0.116. The number of hydrogen-bond donors (Lipinski definition) is 2. The number of carbonyl (C=O) groups is 2. The fourth-order valence-electron chi connectivity index (χ4n) is 2.81. The van der Waals surface area contributed by atoms with Crippen molar-refractivity contribution in [3.63, 3.8) is 0 Å². The van der Waals surface area contributed by atoms with E-state index in [1.165, 1.54) is 11.3 Å². The van der Waals surface area contributed by atoms with E-state index in [1.54, 1.807) is 11.4 Å². The molecule has 3 aromatic heterocycles. The van der Waals surface area contributed by atoms with Gasteiger partial charge in [0.05, 0.1) is 5.69 Å². The molecule has 0 aliphatic carbocycles. The number of thiophene rings is 1. The van der Waals surface area contributed by atoms with E-state index in [0.717, 1.165) is 16.9 Å². The molecule has 28 heavy (non-hydrogen) atoms. The van der Waals surface area contributed by atoms with Gasteiger partial charge in [0.2, 0.25) is 5.91 Å². The van der Waals surface area contributed by atoms with Gasteiger partial charge in [0.1, 0.15) is 5.65 Å². The molecule has 0 saturated heterocycles. The van der Waals surface area contributed by atoms with Crippen LogP contribution in [-0.2, 0) is 4.79 Å². The van der Waals surface area contributed by atoms with E-state index in [-0.39, 0.29) is 18.2 Å². The number of nitrogens with zero attached hydrogens (tertiary/aromatic N) is 2. The summed E-state index contributed by atoms with van der Waals surface area (Å²) < 4.78 is 1.97. The average Bonchev–Trinajstić information content (AvgIpc) is 3.38. The SMILES string of the molecule is O=C(CCNC(=O)c1ccsc1)Nc1ccc(-c2cn3ccccc3n2)cc1. The summed E-state index contributed by atoms with van der Waals surface area (Å²) in [7, 11) is 0. The van der Waals surface area contributed by atoms with Crippen molar-refractivity contribution in [1.82, 2.24) is 14.7 Å². The lowest BCUT2D eigenvalue weighted by Crippen LogP contribution is -2.27. The third kappa shape index (κ3) is 4.10. The largest absolute Gasteiger partial charge is 0.351 e. The summed E-state index contributed by atoms with van der Waals surface area (Å²) in [6.45, 7) is 0.292. The molecule has 0 radical (unpaired) electrons. The zero-order valence-corrected chi connectivity index (χ0v) is 15.8. The molecular formula is C21H18N4O2S. The van der Waals surface area contributed by atoms with Gasteiger partial charge in [-0.05, 0) is 35.7 Å². The van der Waals surface area contributed by atoms with E-state index < -0.39 is 0 Å². The van der Waals surface area contributed by atoms with E-state index in [9.17, 15) is 9.59 Å². The Morgan fingerprint density at radius 1 is 1.07 bits per heavy atom. The first-order valence-corrected chi connectivity index (χ1v) is 9.78. The molecule has 0 spiro atoms. The molecule has 6 nitrogen and oxygen atoms in total. The molecule has 0 fully saturated rings. The van der Waals surface area contributed by atoms with Crippen LogP contribution in [0.5, 0.6) is 0 Å². The number of hydrogen-bond acceptors (Lipinski definition) is 4. The third-order valence-corrected chi connectivity index (χ3v) is 4.93. The second-order valence-electron chi connectivity index (χ2n) is 6.24. The summed E-state index contributed by atoms with van der Waals surface area (Å²) in [4.78, 5) is 28.5. The predicted molar refractivity (Wildman–Crippen MR) is 111 cm³/mol. The highest BCUT2D eigenvalue weighted by atomic mass is 32.1. The number of anilines is 1. The fraction of sp³-hybridized carbons (Fsp3) is 0.0952. The van der Waals surface area contributed by atoms with Crippen LogP contribution in [0.25, 0.3) is 16.9 Å². The quantitative estimate of drug-likeness (QED) is 0.525. The minimum atomic E-state index is -0.161. The second kappa shape index (κ2) is 8.06. The first-order chi connectivity index (χ1) is 13.7. The number of pyridine rings is 1. The number of imidazole rings is 1. The number of nitrogens with one attached hydrogen (secondary N) is 2. The Morgan fingerprint density at radius 3 is 2.68 bits per heavy atom. The highest BCUT2D eigenvalue weighted by molar-refractivity contribution is 7.08. The van der Waals surface area contributed by atoms with Crippen LogP contribution in [0.2, 0.25) is 0 Å². The maximum absolute atomic E-state index is 12.1. The van der Waals surface area contributed by atoms with Crippen LogP contribution < -0.4 is 10.6 Å². The maximum Gasteiger partial charge on any atom is 0.252 e. The van der Waals surface area contributed by atoms with Gasteiger partial charge in [0, 0.05) is 47.6 Å². The minimum Gasteiger partial charge on any atom is -0.351 e. The van der Waals surface area contributed by atoms with Crippen LogP contribution in [0.4, 0.5) is 5.69 Å². The van der Waals surface area contributed by atoms with Gasteiger partial charge in [-0.2, -0.15) is 11.3 Å². The Morgan fingerprint density at radius 2 is 1.93 bits per heavy atom. The summed E-state index contributed by atoms with van der Waals surface area (Å²) >= 11 is 1.46. The highest BCUT2D eigenvalue weighted by Gasteiger charge is 2.08. The van der Waals surface area contributed by atoms with Crippen LogP contribution in [0, 0.1) is 0 Å². The van der Waals surface area contributed by atoms with Crippen LogP contribution in [0.1, 0.15) is 16.8 Å². The molecule has 4 rings (SSSR count). The Labute approximate surface area is 165 Å². The van der Waals surface area contributed by atoms with Crippen LogP contribution >= 0.6 is 11.3 Å². The van der Waals surface area contributed by atoms with E-state index in [0.29, 0.717) is 17.8 Å². The van der Waals surface area contributed by atoms with E-state index >= 15 is 0 Å². The number of rotatable bonds is 6. The van der Waals surface area contributed by atoms with Gasteiger partial charge in [-0.3, -0.25) is 9.59 Å². The molecule has 1 aromatic carbocycles. The zero-order valence-electron chi connectivity index (χ0n) is 15.0. The predicted octanol–water partition coefficient (Wildman–Crippen LogP) is 3.82. The fourth-order valence-corrected chi connectivity index (χ4v) is 3.44. The third-order valence-electron chi connectivity index (χ3n) is 4.25. The standard InChI is InChI=1S/C21H18N4O2S/c26-20(8-10-22-21(27)16-9-12-28-14-16)23-17-6-4-15(5-7-17)18-13-25-11-2-1-3-19(25)24-18/h1-7,9,11-14H,8,10H2,(H,22,27)(H,23,26). The Kier molecular flexibility index (Phi) is 5.16. The molecule has 0 bridgehead atoms. The van der Waals surface area contributed by atoms with Gasteiger partial charge in [0.25, 0.3) is 5.91 Å². The average molecular weight is 390 g/mol. The van der Waals surface area contributed by atoms with Gasteiger partial charge in [-0.15, -0.1) is 0 Å². The lowest BCUT2D eigenvalue weighted by Gasteiger charge is -2.07. The summed E-state index contributed by atoms with van der Waals surface area (Å²) in [5, 5.41) is 9.21. The number of amides is 2. The van der Waals surface area contributed by atoms with E-state index in [1.807, 2.05) is 64.6 Å². The number of carbonyl (C=O) groups excluding carboxylic acids is 2. The van der Waals surface area contributed by atoms with Gasteiger partial charge in [-0.25, -0.2) is 4.98 Å². The molecule has 0 aliphatic heterocycles. The van der Waals surface area contributed by atoms with Crippen molar-refractivity contribution in [2.24, 2.45) is 0 Å². The topological polar surface area (TPSA) is 75.5 Å². The Balaban J connectivity index is 1.31. The van der Waals surface area contributed by atoms with Crippen molar-refractivity contribution in [2.45, 2.75) is 6.42 Å². The van der Waals surface area contributed by atoms with Crippen molar-refractivity contribution < 1.29 is 9.59 Å². The molecule has 2 N–H and O–H groups in total. The van der Waals surface area contributed by atoms with E-state index in [4.69, 9.17) is 0 Å². The van der Waals surface area contributed by atoms with Crippen LogP contribution in [0.3, 0.4) is 0 Å². The monoisotopic (exact) mass is 390 g/mol. The summed E-state index contributed by atoms with van der Waals surface area (Å²) in [6.07, 6.45) is 4.14. The molecule has 140 valence electrons. The van der Waals surface area contributed by atoms with Crippen LogP contribution in [-0.4, -0.2) is 27.7 Å². The number of benzene rings is 1. The molecular weight excluding hydrogens is 372 g/mol. The van der Waals surface area contributed by atoms with Crippen molar-refractivity contribution in [3.05, 3.63) is 77.2 Å². The molecule has 2 amide bonds. The molecule has 0 unspecified atom stereocenters. The molecule has 3 heterocycles. The molecule has 7 heteroatoms. The first kappa shape index (κ1) is 17.9. The highest BCUT2D eigenvalue weighted by Crippen LogP contribution is 2.21. The Hall–Kier alpha value is -3.45. The summed E-state index contributed by atoms with van der Waals surface area (Å²) in [5.74, 6) is -0.308. The van der Waals surface area contributed by atoms with Crippen molar-refractivity contribution in [2.75, 3.05) is 11.9 Å². The van der Waals surface area contributed by atoms with Gasteiger partial charge < -0.3 is 15.0 Å².